The first kappa shape index (κ1) is 14.6. The molecule has 0 bridgehead atoms. The predicted octanol–water partition coefficient (Wildman–Crippen LogP) is 3.54. The van der Waals surface area contributed by atoms with Gasteiger partial charge in [-0.3, -0.25) is 0 Å². The normalized spacial score (nSPS) is 21.9. The summed E-state index contributed by atoms with van der Waals surface area (Å²) < 4.78 is 2.24. The van der Waals surface area contributed by atoms with Gasteiger partial charge >= 0.3 is 0 Å². The molecule has 4 rings (SSSR count). The van der Waals surface area contributed by atoms with Crippen LogP contribution in [0.25, 0.3) is 10.2 Å². The van der Waals surface area contributed by atoms with Gasteiger partial charge in [0.05, 0.1) is 17.8 Å². The van der Waals surface area contributed by atoms with Crippen molar-refractivity contribution >= 4 is 27.4 Å². The molecule has 1 saturated heterocycles. The first-order valence-electron chi connectivity index (χ1n) is 8.22. The van der Waals surface area contributed by atoms with Crippen molar-refractivity contribution in [1.82, 2.24) is 19.5 Å². The Morgan fingerprint density at radius 3 is 3.04 bits per heavy atom. The van der Waals surface area contributed by atoms with Crippen molar-refractivity contribution in [2.75, 3.05) is 18.0 Å². The fourth-order valence-corrected chi connectivity index (χ4v) is 4.15. The van der Waals surface area contributed by atoms with Gasteiger partial charge in [0.25, 0.3) is 0 Å². The minimum absolute atomic E-state index is 0.444. The number of fused-ring (bicyclic) bond motifs is 1. The molecule has 1 aliphatic rings. The maximum absolute atomic E-state index is 4.85. The minimum Gasteiger partial charge on any atom is -0.354 e. The monoisotopic (exact) mass is 327 g/mol. The summed E-state index contributed by atoms with van der Waals surface area (Å²) in [7, 11) is 0. The molecule has 0 saturated carbocycles. The van der Waals surface area contributed by atoms with Gasteiger partial charge in [0, 0.05) is 31.9 Å². The molecule has 0 aliphatic carbocycles. The zero-order valence-electron chi connectivity index (χ0n) is 13.5. The van der Waals surface area contributed by atoms with Crippen molar-refractivity contribution < 1.29 is 0 Å². The lowest BCUT2D eigenvalue weighted by molar-refractivity contribution is 0.298. The van der Waals surface area contributed by atoms with E-state index in [4.69, 9.17) is 4.98 Å². The summed E-state index contributed by atoms with van der Waals surface area (Å²) in [6.45, 7) is 6.48. The van der Waals surface area contributed by atoms with Crippen molar-refractivity contribution in [2.24, 2.45) is 5.92 Å². The van der Waals surface area contributed by atoms with Gasteiger partial charge in [-0.2, -0.15) is 0 Å². The molecule has 0 spiro atoms. The van der Waals surface area contributed by atoms with Crippen LogP contribution in [0.5, 0.6) is 0 Å². The van der Waals surface area contributed by atoms with Crippen LogP contribution in [0.3, 0.4) is 0 Å². The van der Waals surface area contributed by atoms with Crippen LogP contribution in [-0.4, -0.2) is 32.6 Å². The van der Waals surface area contributed by atoms with E-state index < -0.39 is 0 Å². The topological polar surface area (TPSA) is 46.8 Å². The van der Waals surface area contributed by atoms with E-state index in [2.05, 4.69) is 50.9 Å². The first-order valence-corrected chi connectivity index (χ1v) is 9.10. The second-order valence-electron chi connectivity index (χ2n) is 6.25. The summed E-state index contributed by atoms with van der Waals surface area (Å²) in [5, 5.41) is 3.30. The Morgan fingerprint density at radius 1 is 1.35 bits per heavy atom. The standard InChI is InChI=1S/C17H21N5S/c1-3-15-19-16(13-5-9-23-17(13)20-15)21-7-4-12(2)14(10-21)22-8-6-18-11-22/h5-6,8-9,11-12,14H,3-4,7,10H2,1-2H3. The van der Waals surface area contributed by atoms with Gasteiger partial charge in [-0.25, -0.2) is 15.0 Å². The lowest BCUT2D eigenvalue weighted by Crippen LogP contribution is -2.41. The summed E-state index contributed by atoms with van der Waals surface area (Å²) in [6.07, 6.45) is 7.91. The molecule has 2 unspecified atom stereocenters. The Hall–Kier alpha value is -1.95. The fourth-order valence-electron chi connectivity index (χ4n) is 3.38. The molecule has 3 aromatic heterocycles. The lowest BCUT2D eigenvalue weighted by Gasteiger charge is -2.38. The molecule has 0 N–H and O–H groups in total. The third-order valence-corrected chi connectivity index (χ3v) is 5.60. The molecule has 5 nitrogen and oxygen atoms in total. The SMILES string of the molecule is CCc1nc(N2CCC(C)C(n3ccnc3)C2)c2ccsc2n1. The van der Waals surface area contributed by atoms with Gasteiger partial charge in [0.2, 0.25) is 0 Å². The summed E-state index contributed by atoms with van der Waals surface area (Å²) >= 11 is 1.70. The van der Waals surface area contributed by atoms with Crippen LogP contribution in [0.2, 0.25) is 0 Å². The Morgan fingerprint density at radius 2 is 2.26 bits per heavy atom. The number of aromatic nitrogens is 4. The van der Waals surface area contributed by atoms with Gasteiger partial charge in [-0.05, 0) is 23.8 Å². The number of imidazole rings is 1. The zero-order valence-corrected chi connectivity index (χ0v) is 14.3. The molecular weight excluding hydrogens is 306 g/mol. The molecule has 0 radical (unpaired) electrons. The van der Waals surface area contributed by atoms with Crippen LogP contribution in [-0.2, 0) is 6.42 Å². The van der Waals surface area contributed by atoms with E-state index in [-0.39, 0.29) is 0 Å². The quantitative estimate of drug-likeness (QED) is 0.738. The summed E-state index contributed by atoms with van der Waals surface area (Å²) in [4.78, 5) is 17.3. The van der Waals surface area contributed by atoms with E-state index in [0.717, 1.165) is 36.0 Å². The smallest absolute Gasteiger partial charge is 0.141 e. The zero-order chi connectivity index (χ0) is 15.8. The number of anilines is 1. The molecule has 0 amide bonds. The van der Waals surface area contributed by atoms with E-state index in [0.29, 0.717) is 12.0 Å². The van der Waals surface area contributed by atoms with Crippen molar-refractivity contribution in [3.63, 3.8) is 0 Å². The van der Waals surface area contributed by atoms with Crippen LogP contribution >= 0.6 is 11.3 Å². The van der Waals surface area contributed by atoms with E-state index in [1.54, 1.807) is 11.3 Å². The van der Waals surface area contributed by atoms with Crippen LogP contribution in [0.4, 0.5) is 5.82 Å². The van der Waals surface area contributed by atoms with Gasteiger partial charge in [-0.1, -0.05) is 13.8 Å². The maximum Gasteiger partial charge on any atom is 0.141 e. The number of thiophene rings is 1. The molecule has 1 fully saturated rings. The molecule has 6 heteroatoms. The van der Waals surface area contributed by atoms with E-state index in [9.17, 15) is 0 Å². The summed E-state index contributed by atoms with van der Waals surface area (Å²) in [6, 6.07) is 2.60. The molecular formula is C17H21N5S. The van der Waals surface area contributed by atoms with Crippen molar-refractivity contribution in [3.8, 4) is 0 Å². The molecule has 4 heterocycles. The van der Waals surface area contributed by atoms with Gasteiger partial charge in [0.15, 0.2) is 0 Å². The highest BCUT2D eigenvalue weighted by atomic mass is 32.1. The van der Waals surface area contributed by atoms with Crippen molar-refractivity contribution in [1.29, 1.82) is 0 Å². The maximum atomic E-state index is 4.85. The van der Waals surface area contributed by atoms with Crippen molar-refractivity contribution in [2.45, 2.75) is 32.7 Å². The molecule has 3 aromatic rings. The summed E-state index contributed by atoms with van der Waals surface area (Å²) in [5.41, 5.74) is 0. The van der Waals surface area contributed by atoms with Crippen LogP contribution in [0.15, 0.2) is 30.2 Å². The Bertz CT molecular complexity index is 795. The highest BCUT2D eigenvalue weighted by Crippen LogP contribution is 2.34. The lowest BCUT2D eigenvalue weighted by atomic mass is 9.93. The van der Waals surface area contributed by atoms with Crippen LogP contribution < -0.4 is 4.90 Å². The number of rotatable bonds is 3. The van der Waals surface area contributed by atoms with Gasteiger partial charge in [-0.15, -0.1) is 11.3 Å². The minimum atomic E-state index is 0.444. The number of piperidine rings is 1. The van der Waals surface area contributed by atoms with Gasteiger partial charge in [0.1, 0.15) is 16.5 Å². The third-order valence-electron chi connectivity index (χ3n) is 4.79. The Labute approximate surface area is 140 Å². The predicted molar refractivity (Wildman–Crippen MR) is 94.1 cm³/mol. The average molecular weight is 327 g/mol. The number of hydrogen-bond donors (Lipinski definition) is 0. The van der Waals surface area contributed by atoms with Crippen LogP contribution in [0, 0.1) is 5.92 Å². The van der Waals surface area contributed by atoms with E-state index in [1.807, 2.05) is 12.5 Å². The van der Waals surface area contributed by atoms with Crippen LogP contribution in [0.1, 0.15) is 32.1 Å². The largest absolute Gasteiger partial charge is 0.354 e. The summed E-state index contributed by atoms with van der Waals surface area (Å²) in [5.74, 6) is 2.68. The fraction of sp³-hybridized carbons (Fsp3) is 0.471. The average Bonchev–Trinajstić information content (AvgIpc) is 3.25. The van der Waals surface area contributed by atoms with Gasteiger partial charge < -0.3 is 9.47 Å². The second kappa shape index (κ2) is 5.92. The number of aryl methyl sites for hydroxylation is 1. The second-order valence-corrected chi connectivity index (χ2v) is 7.14. The molecule has 23 heavy (non-hydrogen) atoms. The van der Waals surface area contributed by atoms with Crippen molar-refractivity contribution in [3.05, 3.63) is 36.0 Å². The van der Waals surface area contributed by atoms with E-state index >= 15 is 0 Å². The highest BCUT2D eigenvalue weighted by Gasteiger charge is 2.29. The third kappa shape index (κ3) is 2.61. The Kier molecular flexibility index (Phi) is 3.77. The Balaban J connectivity index is 1.71. The number of hydrogen-bond acceptors (Lipinski definition) is 5. The first-order chi connectivity index (χ1) is 11.3. The molecule has 2 atom stereocenters. The molecule has 0 aromatic carbocycles. The number of nitrogens with zero attached hydrogens (tertiary/aromatic N) is 5. The molecule has 1 aliphatic heterocycles. The highest BCUT2D eigenvalue weighted by molar-refractivity contribution is 7.16. The van der Waals surface area contributed by atoms with E-state index in [1.165, 1.54) is 11.8 Å². The molecule has 120 valence electrons.